The molecule has 1 aromatic heterocycles. The summed E-state index contributed by atoms with van der Waals surface area (Å²) in [5.74, 6) is -0.389. The Bertz CT molecular complexity index is 1320. The molecule has 8 N–H and O–H groups in total. The fourth-order valence-corrected chi connectivity index (χ4v) is 3.80. The Hall–Kier alpha value is -4.31. The summed E-state index contributed by atoms with van der Waals surface area (Å²) < 4.78 is 0. The number of carbonyl (C=O) groups excluding carboxylic acids is 2. The Morgan fingerprint density at radius 2 is 1.94 bits per heavy atom. The van der Waals surface area contributed by atoms with Gasteiger partial charge in [-0.15, -0.1) is 0 Å². The van der Waals surface area contributed by atoms with Crippen LogP contribution in [0.1, 0.15) is 41.2 Å². The van der Waals surface area contributed by atoms with Crippen molar-refractivity contribution in [2.24, 2.45) is 17.4 Å². The van der Waals surface area contributed by atoms with Gasteiger partial charge in [-0.1, -0.05) is 18.2 Å². The van der Waals surface area contributed by atoms with Crippen molar-refractivity contribution < 1.29 is 14.7 Å². The molecule has 1 aliphatic rings. The highest BCUT2D eigenvalue weighted by molar-refractivity contribution is 6.09. The third-order valence-corrected chi connectivity index (χ3v) is 5.80. The number of nitrogens with zero attached hydrogens (tertiary/aromatic N) is 2. The van der Waals surface area contributed by atoms with E-state index < -0.39 is 11.8 Å². The first-order chi connectivity index (χ1) is 16.9. The number of amides is 2. The van der Waals surface area contributed by atoms with Crippen LogP contribution in [0.25, 0.3) is 10.9 Å². The van der Waals surface area contributed by atoms with Gasteiger partial charge >= 0.3 is 0 Å². The van der Waals surface area contributed by atoms with Crippen LogP contribution < -0.4 is 22.1 Å². The van der Waals surface area contributed by atoms with E-state index in [0.29, 0.717) is 34.5 Å². The molecule has 10 nitrogen and oxygen atoms in total. The lowest BCUT2D eigenvalue weighted by molar-refractivity contribution is -0.112. The molecule has 3 aromatic rings. The number of nitrogens with one attached hydrogen (secondary N) is 3. The van der Waals surface area contributed by atoms with Gasteiger partial charge in [0.05, 0.1) is 22.8 Å². The molecule has 2 amide bonds. The third-order valence-electron chi connectivity index (χ3n) is 5.80. The molecule has 35 heavy (non-hydrogen) atoms. The number of hydrogen-bond donors (Lipinski definition) is 6. The minimum absolute atomic E-state index is 0.0185. The van der Waals surface area contributed by atoms with Crippen molar-refractivity contribution in [2.75, 3.05) is 17.2 Å². The van der Waals surface area contributed by atoms with Gasteiger partial charge in [0.2, 0.25) is 0 Å². The van der Waals surface area contributed by atoms with Crippen LogP contribution in [-0.2, 0) is 4.79 Å². The zero-order valence-electron chi connectivity index (χ0n) is 19.0. The molecule has 1 heterocycles. The fraction of sp³-hybridized carbons (Fsp3) is 0.240. The number of aliphatic hydroxyl groups is 1. The number of para-hydroxylation sites is 1. The van der Waals surface area contributed by atoms with E-state index in [-0.39, 0.29) is 29.8 Å². The van der Waals surface area contributed by atoms with Crippen molar-refractivity contribution in [1.82, 2.24) is 9.97 Å². The Balaban J connectivity index is 1.57. The first-order valence-electron chi connectivity index (χ1n) is 11.2. The second-order valence-electron chi connectivity index (χ2n) is 8.41. The van der Waals surface area contributed by atoms with Crippen LogP contribution in [0.15, 0.2) is 60.6 Å². The Morgan fingerprint density at radius 1 is 1.17 bits per heavy atom. The molecular formula is C25H27N7O3. The number of primary amides is 1. The fourth-order valence-electron chi connectivity index (χ4n) is 3.80. The molecule has 10 heteroatoms. The smallest absolute Gasteiger partial charge is 0.271 e. The number of allylic oxidation sites excluding steroid dienone is 1. The van der Waals surface area contributed by atoms with Gasteiger partial charge in [-0.25, -0.2) is 9.97 Å². The van der Waals surface area contributed by atoms with Crippen LogP contribution in [0.5, 0.6) is 0 Å². The SMILES string of the molecule is N=C(/C=C(\N)C(=O)Nc1cccc(C(CCO)Nc2ncnc3c(C(N)=O)cccc23)c1)C1CC1. The van der Waals surface area contributed by atoms with Crippen molar-refractivity contribution >= 4 is 39.9 Å². The van der Waals surface area contributed by atoms with Gasteiger partial charge in [-0.2, -0.15) is 0 Å². The van der Waals surface area contributed by atoms with Crippen LogP contribution >= 0.6 is 0 Å². The quantitative estimate of drug-likeness (QED) is 0.193. The Kier molecular flexibility index (Phi) is 7.02. The standard InChI is InChI=1S/C25H27N7O3/c26-19(14-7-8-14)12-20(27)25(35)31-16-4-1-3-15(11-16)21(9-10-33)32-24-18-6-2-5-17(23(28)34)22(18)29-13-30-24/h1-6,11-14,21,26,33H,7-10,27H2,(H2,28,34)(H,31,35)(H,29,30,32)/b20-12-,26-19?. The van der Waals surface area contributed by atoms with Gasteiger partial charge in [0.1, 0.15) is 12.1 Å². The van der Waals surface area contributed by atoms with Crippen molar-refractivity contribution in [3.8, 4) is 0 Å². The Labute approximate surface area is 202 Å². The topological polar surface area (TPSA) is 180 Å². The summed E-state index contributed by atoms with van der Waals surface area (Å²) in [5, 5.41) is 24.3. The predicted molar refractivity (Wildman–Crippen MR) is 134 cm³/mol. The maximum atomic E-state index is 12.5. The van der Waals surface area contributed by atoms with E-state index >= 15 is 0 Å². The average Bonchev–Trinajstić information content (AvgIpc) is 3.69. The molecule has 0 spiro atoms. The molecule has 0 saturated heterocycles. The van der Waals surface area contributed by atoms with Gasteiger partial charge < -0.3 is 32.6 Å². The molecule has 1 fully saturated rings. The van der Waals surface area contributed by atoms with Gasteiger partial charge in [0, 0.05) is 29.3 Å². The van der Waals surface area contributed by atoms with Crippen molar-refractivity contribution in [3.63, 3.8) is 0 Å². The van der Waals surface area contributed by atoms with Gasteiger partial charge in [-0.3, -0.25) is 9.59 Å². The van der Waals surface area contributed by atoms with E-state index in [4.69, 9.17) is 16.9 Å². The molecule has 4 rings (SSSR count). The zero-order chi connectivity index (χ0) is 24.9. The monoisotopic (exact) mass is 473 g/mol. The number of nitrogens with two attached hydrogens (primary N) is 2. The molecular weight excluding hydrogens is 446 g/mol. The normalized spacial score (nSPS) is 14.4. The predicted octanol–water partition coefficient (Wildman–Crippen LogP) is 2.48. The van der Waals surface area contributed by atoms with E-state index in [1.165, 1.54) is 12.4 Å². The molecule has 0 aliphatic heterocycles. The van der Waals surface area contributed by atoms with E-state index in [1.807, 2.05) is 6.07 Å². The molecule has 1 saturated carbocycles. The minimum atomic E-state index is -0.587. The number of fused-ring (bicyclic) bond motifs is 1. The first-order valence-corrected chi connectivity index (χ1v) is 11.2. The van der Waals surface area contributed by atoms with Crippen LogP contribution in [0.3, 0.4) is 0 Å². The number of hydrogen-bond acceptors (Lipinski definition) is 8. The molecule has 180 valence electrons. The summed E-state index contributed by atoms with van der Waals surface area (Å²) in [6.07, 6.45) is 5.03. The summed E-state index contributed by atoms with van der Waals surface area (Å²) >= 11 is 0. The lowest BCUT2D eigenvalue weighted by atomic mass is 10.0. The summed E-state index contributed by atoms with van der Waals surface area (Å²) in [7, 11) is 0. The van der Waals surface area contributed by atoms with Crippen LogP contribution in [0.4, 0.5) is 11.5 Å². The minimum Gasteiger partial charge on any atom is -0.396 e. The van der Waals surface area contributed by atoms with Gasteiger partial charge in [0.25, 0.3) is 11.8 Å². The van der Waals surface area contributed by atoms with E-state index in [0.717, 1.165) is 18.4 Å². The van der Waals surface area contributed by atoms with Crippen molar-refractivity contribution in [2.45, 2.75) is 25.3 Å². The maximum Gasteiger partial charge on any atom is 0.271 e. The highest BCUT2D eigenvalue weighted by Crippen LogP contribution is 2.31. The van der Waals surface area contributed by atoms with Gasteiger partial charge in [-0.05, 0) is 55.2 Å². The molecule has 1 unspecified atom stereocenters. The van der Waals surface area contributed by atoms with Crippen molar-refractivity contribution in [1.29, 1.82) is 5.41 Å². The Morgan fingerprint density at radius 3 is 2.66 bits per heavy atom. The number of benzene rings is 2. The number of aliphatic hydroxyl groups excluding tert-OH is 1. The second-order valence-corrected chi connectivity index (χ2v) is 8.41. The van der Waals surface area contributed by atoms with E-state index in [1.54, 1.807) is 36.4 Å². The van der Waals surface area contributed by atoms with E-state index in [9.17, 15) is 14.7 Å². The molecule has 2 aromatic carbocycles. The molecule has 0 radical (unpaired) electrons. The van der Waals surface area contributed by atoms with Crippen LogP contribution in [0.2, 0.25) is 0 Å². The lowest BCUT2D eigenvalue weighted by Gasteiger charge is -2.21. The summed E-state index contributed by atoms with van der Waals surface area (Å²) in [6.45, 7) is -0.0945. The average molecular weight is 474 g/mol. The summed E-state index contributed by atoms with van der Waals surface area (Å²) in [5.41, 5.74) is 13.8. The second kappa shape index (κ2) is 10.3. The number of anilines is 2. The lowest BCUT2D eigenvalue weighted by Crippen LogP contribution is -2.21. The maximum absolute atomic E-state index is 12.5. The van der Waals surface area contributed by atoms with E-state index in [2.05, 4.69) is 20.6 Å². The highest BCUT2D eigenvalue weighted by atomic mass is 16.3. The number of carbonyl (C=O) groups is 2. The number of aromatic nitrogens is 2. The molecule has 1 atom stereocenters. The van der Waals surface area contributed by atoms with Crippen molar-refractivity contribution in [3.05, 3.63) is 71.7 Å². The third kappa shape index (κ3) is 5.61. The van der Waals surface area contributed by atoms with Gasteiger partial charge in [0.15, 0.2) is 0 Å². The largest absolute Gasteiger partial charge is 0.396 e. The van der Waals surface area contributed by atoms with Crippen LogP contribution in [0, 0.1) is 11.3 Å². The summed E-state index contributed by atoms with van der Waals surface area (Å²) in [6, 6.07) is 11.9. The zero-order valence-corrected chi connectivity index (χ0v) is 19.0. The summed E-state index contributed by atoms with van der Waals surface area (Å²) in [4.78, 5) is 32.8. The number of rotatable bonds is 10. The molecule has 0 bridgehead atoms. The van der Waals surface area contributed by atoms with Crippen LogP contribution in [-0.4, -0.2) is 39.2 Å². The molecule has 1 aliphatic carbocycles. The first kappa shape index (κ1) is 23.8. The highest BCUT2D eigenvalue weighted by Gasteiger charge is 2.25.